The monoisotopic (exact) mass is 395 g/mol. The number of hydrogen-bond donors (Lipinski definition) is 1. The Morgan fingerprint density at radius 2 is 1.79 bits per heavy atom. The van der Waals surface area contributed by atoms with Gasteiger partial charge in [-0.3, -0.25) is 0 Å². The number of carbonyl (C=O) groups excluding carboxylic acids is 1. The third-order valence-electron chi connectivity index (χ3n) is 5.43. The summed E-state index contributed by atoms with van der Waals surface area (Å²) in [6, 6.07) is 14.5. The molecule has 0 bridgehead atoms. The lowest BCUT2D eigenvalue weighted by atomic mass is 10.0. The van der Waals surface area contributed by atoms with E-state index in [1.54, 1.807) is 0 Å². The van der Waals surface area contributed by atoms with Crippen molar-refractivity contribution in [2.75, 3.05) is 33.9 Å². The number of amides is 2. The van der Waals surface area contributed by atoms with Gasteiger partial charge in [0.05, 0.1) is 6.04 Å². The molecule has 2 aromatic rings. The standard InChI is InChI=1S/C23H29N3O3/c1-25(2)16-18-7-5-17(6-8-18)15-24-23(27)26-11-3-4-20(26)19-9-10-21-22(14-19)29-13-12-28-21/h5-10,14,20H,3-4,11-13,15-16H2,1-2H3,(H,24,27). The number of urea groups is 1. The zero-order valence-electron chi connectivity index (χ0n) is 17.2. The van der Waals surface area contributed by atoms with Crippen LogP contribution in [-0.4, -0.2) is 49.7 Å². The first-order valence-electron chi connectivity index (χ1n) is 10.3. The highest BCUT2D eigenvalue weighted by Crippen LogP contribution is 2.38. The molecule has 4 rings (SSSR count). The van der Waals surface area contributed by atoms with E-state index in [1.807, 2.05) is 23.1 Å². The van der Waals surface area contributed by atoms with Gasteiger partial charge in [0, 0.05) is 19.6 Å². The van der Waals surface area contributed by atoms with Crippen LogP contribution in [0.2, 0.25) is 0 Å². The van der Waals surface area contributed by atoms with E-state index in [2.05, 4.69) is 48.6 Å². The van der Waals surface area contributed by atoms with E-state index in [-0.39, 0.29) is 12.1 Å². The Kier molecular flexibility index (Phi) is 5.90. The van der Waals surface area contributed by atoms with Gasteiger partial charge in [0.1, 0.15) is 13.2 Å². The van der Waals surface area contributed by atoms with Crippen molar-refractivity contribution in [3.05, 3.63) is 59.2 Å². The van der Waals surface area contributed by atoms with Gasteiger partial charge in [-0.05, 0) is 55.8 Å². The molecule has 1 fully saturated rings. The largest absolute Gasteiger partial charge is 0.486 e. The predicted molar refractivity (Wildman–Crippen MR) is 112 cm³/mol. The summed E-state index contributed by atoms with van der Waals surface area (Å²) in [4.78, 5) is 16.9. The highest BCUT2D eigenvalue weighted by molar-refractivity contribution is 5.75. The summed E-state index contributed by atoms with van der Waals surface area (Å²) in [5.41, 5.74) is 3.48. The van der Waals surface area contributed by atoms with Crippen molar-refractivity contribution in [3.63, 3.8) is 0 Å². The van der Waals surface area contributed by atoms with Crippen molar-refractivity contribution in [1.29, 1.82) is 0 Å². The first-order chi connectivity index (χ1) is 14.1. The quantitative estimate of drug-likeness (QED) is 0.841. The third-order valence-corrected chi connectivity index (χ3v) is 5.43. The number of carbonyl (C=O) groups is 1. The summed E-state index contributed by atoms with van der Waals surface area (Å²) in [5, 5.41) is 3.08. The van der Waals surface area contributed by atoms with E-state index < -0.39 is 0 Å². The zero-order valence-corrected chi connectivity index (χ0v) is 17.2. The average Bonchev–Trinajstić information content (AvgIpc) is 3.22. The maximum Gasteiger partial charge on any atom is 0.318 e. The number of fused-ring (bicyclic) bond motifs is 1. The molecule has 2 heterocycles. The first-order valence-corrected chi connectivity index (χ1v) is 10.3. The van der Waals surface area contributed by atoms with Crippen LogP contribution >= 0.6 is 0 Å². The molecule has 0 saturated carbocycles. The minimum Gasteiger partial charge on any atom is -0.486 e. The molecule has 1 unspecified atom stereocenters. The van der Waals surface area contributed by atoms with Crippen LogP contribution in [0, 0.1) is 0 Å². The number of benzene rings is 2. The van der Waals surface area contributed by atoms with Crippen LogP contribution in [0.5, 0.6) is 11.5 Å². The lowest BCUT2D eigenvalue weighted by Gasteiger charge is -2.27. The molecular weight excluding hydrogens is 366 g/mol. The van der Waals surface area contributed by atoms with Crippen molar-refractivity contribution in [2.24, 2.45) is 0 Å². The molecule has 0 radical (unpaired) electrons. The van der Waals surface area contributed by atoms with Gasteiger partial charge in [0.15, 0.2) is 11.5 Å². The number of hydrogen-bond acceptors (Lipinski definition) is 4. The normalized spacial score (nSPS) is 18.2. The van der Waals surface area contributed by atoms with Crippen molar-refractivity contribution in [2.45, 2.75) is 32.0 Å². The van der Waals surface area contributed by atoms with Gasteiger partial charge in [-0.25, -0.2) is 4.79 Å². The number of likely N-dealkylation sites (tertiary alicyclic amines) is 1. The van der Waals surface area contributed by atoms with Crippen LogP contribution in [0.1, 0.15) is 35.6 Å². The smallest absolute Gasteiger partial charge is 0.318 e. The molecule has 154 valence electrons. The topological polar surface area (TPSA) is 54.0 Å². The molecule has 1 saturated heterocycles. The van der Waals surface area contributed by atoms with Crippen LogP contribution in [0.4, 0.5) is 4.79 Å². The van der Waals surface area contributed by atoms with Gasteiger partial charge < -0.3 is 24.6 Å². The molecule has 6 nitrogen and oxygen atoms in total. The minimum absolute atomic E-state index is 0.0141. The Bertz CT molecular complexity index is 851. The second-order valence-corrected chi connectivity index (χ2v) is 7.97. The summed E-state index contributed by atoms with van der Waals surface area (Å²) < 4.78 is 11.3. The molecule has 2 aromatic carbocycles. The molecule has 6 heteroatoms. The van der Waals surface area contributed by atoms with Crippen LogP contribution < -0.4 is 14.8 Å². The Balaban J connectivity index is 1.38. The summed E-state index contributed by atoms with van der Waals surface area (Å²) in [6.45, 7) is 3.37. The lowest BCUT2D eigenvalue weighted by Crippen LogP contribution is -2.39. The molecule has 1 N–H and O–H groups in total. The average molecular weight is 396 g/mol. The number of nitrogens with zero attached hydrogens (tertiary/aromatic N) is 2. The number of ether oxygens (including phenoxy) is 2. The van der Waals surface area contributed by atoms with Crippen LogP contribution in [0.3, 0.4) is 0 Å². The molecule has 0 aromatic heterocycles. The van der Waals surface area contributed by atoms with Gasteiger partial charge in [0.25, 0.3) is 0 Å². The Hall–Kier alpha value is -2.73. The first kappa shape index (κ1) is 19.6. The summed E-state index contributed by atoms with van der Waals surface area (Å²) >= 11 is 0. The fourth-order valence-corrected chi connectivity index (χ4v) is 4.03. The van der Waals surface area contributed by atoms with E-state index in [4.69, 9.17) is 9.47 Å². The molecule has 2 aliphatic heterocycles. The molecule has 29 heavy (non-hydrogen) atoms. The van der Waals surface area contributed by atoms with E-state index in [0.717, 1.165) is 48.6 Å². The number of rotatable bonds is 5. The van der Waals surface area contributed by atoms with Crippen LogP contribution in [-0.2, 0) is 13.1 Å². The molecule has 2 amide bonds. The fraction of sp³-hybridized carbons (Fsp3) is 0.435. The second-order valence-electron chi connectivity index (χ2n) is 7.97. The van der Waals surface area contributed by atoms with Crippen molar-refractivity contribution >= 4 is 6.03 Å². The van der Waals surface area contributed by atoms with E-state index in [0.29, 0.717) is 19.8 Å². The molecule has 0 spiro atoms. The van der Waals surface area contributed by atoms with Crippen molar-refractivity contribution in [1.82, 2.24) is 15.1 Å². The Morgan fingerprint density at radius 3 is 2.55 bits per heavy atom. The fourth-order valence-electron chi connectivity index (χ4n) is 4.03. The summed E-state index contributed by atoms with van der Waals surface area (Å²) in [7, 11) is 4.12. The van der Waals surface area contributed by atoms with Gasteiger partial charge >= 0.3 is 6.03 Å². The van der Waals surface area contributed by atoms with E-state index >= 15 is 0 Å². The lowest BCUT2D eigenvalue weighted by molar-refractivity contribution is 0.170. The number of nitrogens with one attached hydrogen (secondary N) is 1. The van der Waals surface area contributed by atoms with Crippen LogP contribution in [0.25, 0.3) is 0 Å². The predicted octanol–water partition coefficient (Wildman–Crippen LogP) is 3.57. The minimum atomic E-state index is -0.0141. The van der Waals surface area contributed by atoms with Gasteiger partial charge in [-0.1, -0.05) is 30.3 Å². The Morgan fingerprint density at radius 1 is 1.07 bits per heavy atom. The Labute approximate surface area is 172 Å². The van der Waals surface area contributed by atoms with Gasteiger partial charge in [-0.2, -0.15) is 0 Å². The van der Waals surface area contributed by atoms with Gasteiger partial charge in [-0.15, -0.1) is 0 Å². The summed E-state index contributed by atoms with van der Waals surface area (Å²) in [5.74, 6) is 1.56. The second kappa shape index (κ2) is 8.74. The molecule has 2 aliphatic rings. The molecular formula is C23H29N3O3. The van der Waals surface area contributed by atoms with Crippen molar-refractivity contribution < 1.29 is 14.3 Å². The third kappa shape index (κ3) is 4.65. The van der Waals surface area contributed by atoms with Gasteiger partial charge in [0.2, 0.25) is 0 Å². The molecule has 0 aliphatic carbocycles. The highest BCUT2D eigenvalue weighted by atomic mass is 16.6. The van der Waals surface area contributed by atoms with E-state index in [1.165, 1.54) is 5.56 Å². The van der Waals surface area contributed by atoms with Crippen LogP contribution in [0.15, 0.2) is 42.5 Å². The molecule has 1 atom stereocenters. The van der Waals surface area contributed by atoms with E-state index in [9.17, 15) is 4.79 Å². The maximum atomic E-state index is 12.9. The summed E-state index contributed by atoms with van der Waals surface area (Å²) in [6.07, 6.45) is 1.97. The maximum absolute atomic E-state index is 12.9. The van der Waals surface area contributed by atoms with Crippen molar-refractivity contribution in [3.8, 4) is 11.5 Å². The highest BCUT2D eigenvalue weighted by Gasteiger charge is 2.30. The zero-order chi connectivity index (χ0) is 20.2. The SMILES string of the molecule is CN(C)Cc1ccc(CNC(=O)N2CCCC2c2ccc3c(c2)OCCO3)cc1.